The Bertz CT molecular complexity index is 1470. The Labute approximate surface area is 236 Å². The first-order valence-corrected chi connectivity index (χ1v) is 13.8. The molecular formula is C30H30FN5O5. The number of cyclic esters (lactones) is 1. The van der Waals surface area contributed by atoms with Gasteiger partial charge in [0.1, 0.15) is 18.1 Å². The normalized spacial score (nSPS) is 17.7. The highest BCUT2D eigenvalue weighted by molar-refractivity contribution is 5.96. The van der Waals surface area contributed by atoms with Crippen LogP contribution in [0.25, 0.3) is 0 Å². The van der Waals surface area contributed by atoms with Crippen LogP contribution < -0.4 is 14.7 Å². The van der Waals surface area contributed by atoms with Gasteiger partial charge in [-0.1, -0.05) is 18.2 Å². The van der Waals surface area contributed by atoms with Crippen LogP contribution in [0.5, 0.6) is 0 Å². The van der Waals surface area contributed by atoms with Gasteiger partial charge >= 0.3 is 6.09 Å². The van der Waals surface area contributed by atoms with Gasteiger partial charge in [-0.3, -0.25) is 19.8 Å². The molecule has 0 aliphatic carbocycles. The van der Waals surface area contributed by atoms with Crippen molar-refractivity contribution in [2.45, 2.75) is 25.5 Å². The van der Waals surface area contributed by atoms with Crippen molar-refractivity contribution >= 4 is 34.7 Å². The van der Waals surface area contributed by atoms with Gasteiger partial charge in [0.15, 0.2) is 0 Å². The summed E-state index contributed by atoms with van der Waals surface area (Å²) in [5.74, 6) is -0.547. The highest BCUT2D eigenvalue weighted by Crippen LogP contribution is 2.35. The van der Waals surface area contributed by atoms with Gasteiger partial charge in [0.05, 0.1) is 10.6 Å². The topological polar surface area (TPSA) is 99.5 Å². The van der Waals surface area contributed by atoms with Crippen LogP contribution in [-0.4, -0.2) is 67.1 Å². The Hall–Kier alpha value is -4.67. The number of benzene rings is 3. The van der Waals surface area contributed by atoms with E-state index in [1.54, 1.807) is 34.1 Å². The zero-order valence-corrected chi connectivity index (χ0v) is 22.4. The molecule has 3 aliphatic rings. The number of rotatable bonds is 5. The van der Waals surface area contributed by atoms with Crippen LogP contribution >= 0.6 is 0 Å². The molecule has 0 spiro atoms. The lowest BCUT2D eigenvalue weighted by atomic mass is 9.99. The third kappa shape index (κ3) is 5.27. The van der Waals surface area contributed by atoms with E-state index in [2.05, 4.69) is 4.90 Å². The van der Waals surface area contributed by atoms with Crippen LogP contribution in [0.15, 0.2) is 66.7 Å². The molecule has 3 aromatic carbocycles. The van der Waals surface area contributed by atoms with E-state index < -0.39 is 4.92 Å². The Morgan fingerprint density at radius 1 is 0.878 bits per heavy atom. The summed E-state index contributed by atoms with van der Waals surface area (Å²) in [4.78, 5) is 45.0. The van der Waals surface area contributed by atoms with Crippen LogP contribution in [-0.2, 0) is 11.3 Å². The smallest absolute Gasteiger partial charge is 0.414 e. The van der Waals surface area contributed by atoms with Gasteiger partial charge in [0.2, 0.25) is 0 Å². The number of piperidine rings is 1. The quantitative estimate of drug-likeness (QED) is 0.326. The number of fused-ring (bicyclic) bond motifs is 1. The minimum atomic E-state index is -0.442. The standard InChI is InChI=1S/C30H30FN5O5/c31-23-6-8-24(9-7-23)32-15-17-34(18-16-32)29(37)21-5-10-27(28(19-21)36(39)40)33-13-11-25(12-14-33)35-26-4-2-1-3-22(26)20-41-30(35)38/h1-10,19,25H,11-18,20H2. The average molecular weight is 560 g/mol. The number of hydrogen-bond acceptors (Lipinski definition) is 7. The second kappa shape index (κ2) is 11.1. The van der Waals surface area contributed by atoms with E-state index >= 15 is 0 Å². The summed E-state index contributed by atoms with van der Waals surface area (Å²) in [6, 6.07) is 18.6. The lowest BCUT2D eigenvalue weighted by Gasteiger charge is -2.40. The SMILES string of the molecule is O=C(c1ccc(N2CCC(N3C(=O)OCc4ccccc43)CC2)c([N+](=O)[O-])c1)N1CCN(c2ccc(F)cc2)CC1. The predicted molar refractivity (Wildman–Crippen MR) is 152 cm³/mol. The molecule has 0 unspecified atom stereocenters. The van der Waals surface area contributed by atoms with Crippen molar-refractivity contribution in [2.75, 3.05) is 54.0 Å². The predicted octanol–water partition coefficient (Wildman–Crippen LogP) is 4.82. The fourth-order valence-electron chi connectivity index (χ4n) is 5.96. The molecule has 0 bridgehead atoms. The van der Waals surface area contributed by atoms with Crippen molar-refractivity contribution in [3.05, 3.63) is 93.8 Å². The second-order valence-corrected chi connectivity index (χ2v) is 10.5. The number of ether oxygens (including phenoxy) is 1. The summed E-state index contributed by atoms with van der Waals surface area (Å²) < 4.78 is 18.6. The number of piperazine rings is 1. The average Bonchev–Trinajstić information content (AvgIpc) is 3.01. The largest absolute Gasteiger partial charge is 0.444 e. The van der Waals surface area contributed by atoms with Crippen LogP contribution in [0.1, 0.15) is 28.8 Å². The summed E-state index contributed by atoms with van der Waals surface area (Å²) in [6.07, 6.45) is 0.883. The fourth-order valence-corrected chi connectivity index (χ4v) is 5.96. The van der Waals surface area contributed by atoms with Crippen LogP contribution in [0, 0.1) is 15.9 Å². The third-order valence-corrected chi connectivity index (χ3v) is 8.15. The van der Waals surface area contributed by atoms with E-state index in [0.29, 0.717) is 57.8 Å². The summed E-state index contributed by atoms with van der Waals surface area (Å²) in [7, 11) is 0. The van der Waals surface area contributed by atoms with E-state index in [4.69, 9.17) is 4.74 Å². The molecule has 3 heterocycles. The Morgan fingerprint density at radius 3 is 2.29 bits per heavy atom. The maximum atomic E-state index is 13.3. The first kappa shape index (κ1) is 26.5. The number of halogens is 1. The van der Waals surface area contributed by atoms with E-state index in [-0.39, 0.29) is 41.7 Å². The number of carbonyl (C=O) groups is 2. The molecular weight excluding hydrogens is 529 g/mol. The summed E-state index contributed by atoms with van der Waals surface area (Å²) in [5.41, 5.74) is 3.34. The number of nitro benzene ring substituents is 1. The Morgan fingerprint density at radius 2 is 1.59 bits per heavy atom. The van der Waals surface area contributed by atoms with Crippen molar-refractivity contribution in [3.8, 4) is 0 Å². The van der Waals surface area contributed by atoms with Gasteiger partial charge in [-0.2, -0.15) is 0 Å². The summed E-state index contributed by atoms with van der Waals surface area (Å²) in [5, 5.41) is 12.1. The van der Waals surface area contributed by atoms with E-state index in [1.165, 1.54) is 18.2 Å². The summed E-state index contributed by atoms with van der Waals surface area (Å²) >= 11 is 0. The second-order valence-electron chi connectivity index (χ2n) is 10.5. The lowest BCUT2D eigenvalue weighted by Crippen LogP contribution is -2.49. The number of para-hydroxylation sites is 1. The zero-order chi connectivity index (χ0) is 28.5. The number of nitro groups is 1. The first-order chi connectivity index (χ1) is 19.9. The highest BCUT2D eigenvalue weighted by atomic mass is 19.1. The van der Waals surface area contributed by atoms with Crippen LogP contribution in [0.4, 0.5) is 31.9 Å². The molecule has 0 atom stereocenters. The maximum Gasteiger partial charge on any atom is 0.414 e. The summed E-state index contributed by atoms with van der Waals surface area (Å²) in [6.45, 7) is 3.39. The first-order valence-electron chi connectivity index (χ1n) is 13.8. The van der Waals surface area contributed by atoms with Crippen molar-refractivity contribution in [1.29, 1.82) is 0 Å². The number of nitrogens with zero attached hydrogens (tertiary/aromatic N) is 5. The molecule has 212 valence electrons. The van der Waals surface area contributed by atoms with Crippen molar-refractivity contribution in [3.63, 3.8) is 0 Å². The van der Waals surface area contributed by atoms with E-state index in [0.717, 1.165) is 16.9 Å². The molecule has 2 saturated heterocycles. The number of carbonyl (C=O) groups excluding carboxylic acids is 2. The molecule has 10 nitrogen and oxygen atoms in total. The van der Waals surface area contributed by atoms with Crippen LogP contribution in [0.3, 0.4) is 0 Å². The van der Waals surface area contributed by atoms with Crippen molar-refractivity contribution in [1.82, 2.24) is 4.90 Å². The molecule has 41 heavy (non-hydrogen) atoms. The zero-order valence-electron chi connectivity index (χ0n) is 22.4. The van der Waals surface area contributed by atoms with Gasteiger partial charge in [0, 0.05) is 68.2 Å². The van der Waals surface area contributed by atoms with Crippen molar-refractivity contribution < 1.29 is 23.6 Å². The third-order valence-electron chi connectivity index (χ3n) is 8.15. The molecule has 6 rings (SSSR count). The minimum Gasteiger partial charge on any atom is -0.444 e. The van der Waals surface area contributed by atoms with Gasteiger partial charge in [0.25, 0.3) is 11.6 Å². The fraction of sp³-hybridized carbons (Fsp3) is 0.333. The van der Waals surface area contributed by atoms with Gasteiger partial charge in [-0.25, -0.2) is 9.18 Å². The lowest BCUT2D eigenvalue weighted by molar-refractivity contribution is -0.384. The molecule has 0 saturated carbocycles. The molecule has 0 aromatic heterocycles. The number of hydrogen-bond donors (Lipinski definition) is 0. The molecule has 3 aromatic rings. The van der Waals surface area contributed by atoms with E-state index in [9.17, 15) is 24.1 Å². The molecule has 0 N–H and O–H groups in total. The molecule has 11 heteroatoms. The van der Waals surface area contributed by atoms with Gasteiger partial charge in [-0.05, 0) is 55.3 Å². The minimum absolute atomic E-state index is 0.0753. The molecule has 3 aliphatic heterocycles. The molecule has 2 amide bonds. The van der Waals surface area contributed by atoms with Gasteiger partial charge < -0.3 is 19.4 Å². The van der Waals surface area contributed by atoms with Crippen LogP contribution in [0.2, 0.25) is 0 Å². The van der Waals surface area contributed by atoms with Gasteiger partial charge in [-0.15, -0.1) is 0 Å². The monoisotopic (exact) mass is 559 g/mol. The number of anilines is 3. The molecule has 2 fully saturated rings. The van der Waals surface area contributed by atoms with E-state index in [1.807, 2.05) is 29.2 Å². The Balaban J connectivity index is 1.12. The van der Waals surface area contributed by atoms with Crippen molar-refractivity contribution in [2.24, 2.45) is 0 Å². The number of amides is 2. The molecule has 0 radical (unpaired) electrons. The highest BCUT2D eigenvalue weighted by Gasteiger charge is 2.35. The Kier molecular flexibility index (Phi) is 7.17. The maximum absolute atomic E-state index is 13.3.